The Hall–Kier alpha value is -2.37. The molecule has 17 heavy (non-hydrogen) atoms. The van der Waals surface area contributed by atoms with Gasteiger partial charge >= 0.3 is 0 Å². The molecule has 84 valence electrons. The maximum Gasteiger partial charge on any atom is 0.168 e. The van der Waals surface area contributed by atoms with Crippen molar-refractivity contribution in [1.29, 1.82) is 0 Å². The van der Waals surface area contributed by atoms with Crippen LogP contribution in [0.25, 0.3) is 22.6 Å². The van der Waals surface area contributed by atoms with Crippen LogP contribution in [0.5, 0.6) is 0 Å². The molecule has 2 aliphatic rings. The van der Waals surface area contributed by atoms with Crippen LogP contribution < -0.4 is 0 Å². The van der Waals surface area contributed by atoms with Crippen LogP contribution in [0.15, 0.2) is 30.7 Å². The van der Waals surface area contributed by atoms with Gasteiger partial charge < -0.3 is 0 Å². The van der Waals surface area contributed by atoms with Crippen LogP contribution >= 0.6 is 0 Å². The highest BCUT2D eigenvalue weighted by Gasteiger charge is 2.18. The summed E-state index contributed by atoms with van der Waals surface area (Å²) in [7, 11) is 0. The van der Waals surface area contributed by atoms with Crippen molar-refractivity contribution in [2.75, 3.05) is 0 Å². The van der Waals surface area contributed by atoms with E-state index in [0.29, 0.717) is 11.4 Å². The lowest BCUT2D eigenvalue weighted by Gasteiger charge is -2.05. The number of halogens is 2. The van der Waals surface area contributed by atoms with Crippen molar-refractivity contribution >= 4 is 0 Å². The van der Waals surface area contributed by atoms with Gasteiger partial charge in [0.1, 0.15) is 23.4 Å². The molecule has 6 heteroatoms. The van der Waals surface area contributed by atoms with E-state index in [1.54, 1.807) is 6.20 Å². The molecular formula is C11H6F2N4. The number of aromatic nitrogens is 4. The monoisotopic (exact) mass is 232 g/mol. The highest BCUT2D eigenvalue weighted by molar-refractivity contribution is 5.76. The second-order valence-electron chi connectivity index (χ2n) is 3.44. The number of hydrogen-bond donors (Lipinski definition) is 1. The average molecular weight is 232 g/mol. The number of fused-ring (bicyclic) bond motifs is 1. The normalized spacial score (nSPS) is 10.9. The number of rotatable bonds is 1. The fourth-order valence-corrected chi connectivity index (χ4v) is 1.65. The van der Waals surface area contributed by atoms with Gasteiger partial charge in [0, 0.05) is 11.8 Å². The van der Waals surface area contributed by atoms with E-state index < -0.39 is 11.6 Å². The van der Waals surface area contributed by atoms with Gasteiger partial charge in [0.2, 0.25) is 0 Å². The molecule has 0 atom stereocenters. The topological polar surface area (TPSA) is 54.5 Å². The molecule has 3 rings (SSSR count). The van der Waals surface area contributed by atoms with Gasteiger partial charge in [0.05, 0.1) is 0 Å². The highest BCUT2D eigenvalue weighted by Crippen LogP contribution is 2.30. The minimum absolute atomic E-state index is 0.0624. The first-order chi connectivity index (χ1) is 8.27. The summed E-state index contributed by atoms with van der Waals surface area (Å²) in [5.41, 5.74) is 1.30. The highest BCUT2D eigenvalue weighted by atomic mass is 19.2. The van der Waals surface area contributed by atoms with E-state index >= 15 is 0 Å². The van der Waals surface area contributed by atoms with Crippen LogP contribution in [0.3, 0.4) is 0 Å². The van der Waals surface area contributed by atoms with Crippen molar-refractivity contribution < 1.29 is 8.78 Å². The van der Waals surface area contributed by atoms with E-state index in [1.165, 1.54) is 18.5 Å². The SMILES string of the molecule is Fc1cccc(-c2n[nH]cc3ncnc2-3)c1F. The molecule has 2 aliphatic heterocycles. The molecule has 1 aromatic carbocycles. The summed E-state index contributed by atoms with van der Waals surface area (Å²) >= 11 is 0. The van der Waals surface area contributed by atoms with Crippen LogP contribution in [-0.2, 0) is 0 Å². The van der Waals surface area contributed by atoms with Crippen LogP contribution in [0.1, 0.15) is 0 Å². The van der Waals surface area contributed by atoms with Crippen molar-refractivity contribution in [2.45, 2.75) is 0 Å². The molecular weight excluding hydrogens is 226 g/mol. The molecule has 4 nitrogen and oxygen atoms in total. The predicted molar refractivity (Wildman–Crippen MR) is 56.2 cm³/mol. The van der Waals surface area contributed by atoms with Crippen LogP contribution in [0.4, 0.5) is 8.78 Å². The molecule has 0 radical (unpaired) electrons. The maximum atomic E-state index is 13.6. The minimum atomic E-state index is -0.941. The van der Waals surface area contributed by atoms with E-state index in [9.17, 15) is 8.78 Å². The van der Waals surface area contributed by atoms with Crippen molar-refractivity contribution in [3.63, 3.8) is 0 Å². The molecule has 0 aromatic heterocycles. The number of nitrogens with zero attached hydrogens (tertiary/aromatic N) is 3. The third-order valence-corrected chi connectivity index (χ3v) is 2.43. The van der Waals surface area contributed by atoms with E-state index in [0.717, 1.165) is 6.07 Å². The summed E-state index contributed by atoms with van der Waals surface area (Å²) < 4.78 is 26.8. The van der Waals surface area contributed by atoms with E-state index in [2.05, 4.69) is 20.2 Å². The Morgan fingerprint density at radius 1 is 1.06 bits per heavy atom. The second kappa shape index (κ2) is 3.58. The Balaban J connectivity index is 2.29. The zero-order chi connectivity index (χ0) is 11.8. The van der Waals surface area contributed by atoms with Gasteiger partial charge in [0.25, 0.3) is 0 Å². The number of nitrogens with one attached hydrogen (secondary N) is 1. The first-order valence-electron chi connectivity index (χ1n) is 4.86. The fourth-order valence-electron chi connectivity index (χ4n) is 1.65. The number of hydrogen-bond acceptors (Lipinski definition) is 3. The summed E-state index contributed by atoms with van der Waals surface area (Å²) in [6, 6.07) is 3.92. The predicted octanol–water partition coefficient (Wildman–Crippen LogP) is 2.25. The van der Waals surface area contributed by atoms with Gasteiger partial charge in [-0.25, -0.2) is 18.7 Å². The Morgan fingerprint density at radius 2 is 1.94 bits per heavy atom. The third kappa shape index (κ3) is 1.45. The van der Waals surface area contributed by atoms with Crippen molar-refractivity contribution in [3.05, 3.63) is 42.4 Å². The van der Waals surface area contributed by atoms with E-state index in [4.69, 9.17) is 0 Å². The molecule has 0 spiro atoms. The Bertz CT molecular complexity index is 650. The van der Waals surface area contributed by atoms with Crippen LogP contribution in [0, 0.1) is 11.6 Å². The first-order valence-corrected chi connectivity index (χ1v) is 4.86. The zero-order valence-corrected chi connectivity index (χ0v) is 8.48. The molecule has 0 unspecified atom stereocenters. The van der Waals surface area contributed by atoms with Gasteiger partial charge in [-0.05, 0) is 12.1 Å². The van der Waals surface area contributed by atoms with Gasteiger partial charge in [0.15, 0.2) is 11.6 Å². The summed E-state index contributed by atoms with van der Waals surface area (Å²) in [4.78, 5) is 7.94. The quantitative estimate of drug-likeness (QED) is 0.700. The number of H-pyrrole nitrogens is 1. The molecule has 0 bridgehead atoms. The average Bonchev–Trinajstić information content (AvgIpc) is 2.81. The molecule has 2 heterocycles. The summed E-state index contributed by atoms with van der Waals surface area (Å²) in [5.74, 6) is -1.86. The summed E-state index contributed by atoms with van der Waals surface area (Å²) in [6.07, 6.45) is 2.89. The van der Waals surface area contributed by atoms with Gasteiger partial charge in [-0.2, -0.15) is 5.10 Å². The van der Waals surface area contributed by atoms with Crippen LogP contribution in [-0.4, -0.2) is 20.2 Å². The molecule has 0 fully saturated rings. The molecule has 0 saturated heterocycles. The molecule has 0 saturated carbocycles. The van der Waals surface area contributed by atoms with Gasteiger partial charge in [-0.1, -0.05) is 6.07 Å². The zero-order valence-electron chi connectivity index (χ0n) is 8.48. The standard InChI is InChI=1S/C11H6F2N4/c12-7-3-1-2-6(9(7)13)10-11-8(4-16-17-10)14-5-15-11/h1-5,16H. The second-order valence-corrected chi connectivity index (χ2v) is 3.44. The largest absolute Gasteiger partial charge is 0.283 e. The lowest BCUT2D eigenvalue weighted by atomic mass is 10.1. The molecule has 0 amide bonds. The van der Waals surface area contributed by atoms with Crippen molar-refractivity contribution in [3.8, 4) is 22.6 Å². The maximum absolute atomic E-state index is 13.6. The molecule has 1 N–H and O–H groups in total. The Morgan fingerprint density at radius 3 is 2.82 bits per heavy atom. The van der Waals surface area contributed by atoms with Crippen molar-refractivity contribution in [2.24, 2.45) is 0 Å². The smallest absolute Gasteiger partial charge is 0.168 e. The van der Waals surface area contributed by atoms with Gasteiger partial charge in [-0.3, -0.25) is 5.10 Å². The number of imidazole rings is 1. The first kappa shape index (κ1) is 9.83. The van der Waals surface area contributed by atoms with E-state index in [-0.39, 0.29) is 11.3 Å². The van der Waals surface area contributed by atoms with Crippen molar-refractivity contribution in [1.82, 2.24) is 20.2 Å². The Kier molecular flexibility index (Phi) is 2.07. The summed E-state index contributed by atoms with van der Waals surface area (Å²) in [5, 5.41) is 6.51. The van der Waals surface area contributed by atoms with Crippen LogP contribution in [0.2, 0.25) is 0 Å². The number of aromatic amines is 1. The summed E-state index contributed by atoms with van der Waals surface area (Å²) in [6.45, 7) is 0. The molecule has 0 aliphatic carbocycles. The van der Waals surface area contributed by atoms with Gasteiger partial charge in [-0.15, -0.1) is 0 Å². The fraction of sp³-hybridized carbons (Fsp3) is 0. The van der Waals surface area contributed by atoms with E-state index in [1.807, 2.05) is 0 Å². The molecule has 1 aromatic rings. The lowest BCUT2D eigenvalue weighted by molar-refractivity contribution is 0.511. The lowest BCUT2D eigenvalue weighted by Crippen LogP contribution is -1.97. The minimum Gasteiger partial charge on any atom is -0.283 e. The third-order valence-electron chi connectivity index (χ3n) is 2.43. The Labute approximate surface area is 94.7 Å². The number of benzene rings is 1.